The minimum absolute atomic E-state index is 0.0898. The van der Waals surface area contributed by atoms with Gasteiger partial charge in [0, 0.05) is 17.0 Å². The molecule has 0 aliphatic carbocycles. The van der Waals surface area contributed by atoms with E-state index in [1.165, 1.54) is 11.1 Å². The van der Waals surface area contributed by atoms with Crippen molar-refractivity contribution in [3.63, 3.8) is 0 Å². The molecule has 1 amide bonds. The van der Waals surface area contributed by atoms with Gasteiger partial charge in [0.25, 0.3) is 0 Å². The van der Waals surface area contributed by atoms with Gasteiger partial charge in [0.15, 0.2) is 0 Å². The van der Waals surface area contributed by atoms with Crippen molar-refractivity contribution in [1.82, 2.24) is 5.32 Å². The summed E-state index contributed by atoms with van der Waals surface area (Å²) in [6.07, 6.45) is 0.440. The largest absolute Gasteiger partial charge is 0.355 e. The highest BCUT2D eigenvalue weighted by Gasteiger charge is 2.10. The average molecular weight is 327 g/mol. The summed E-state index contributed by atoms with van der Waals surface area (Å²) in [6, 6.07) is 18.5. The third-order valence-corrected chi connectivity index (χ3v) is 4.66. The predicted octanol–water partition coefficient (Wildman–Crippen LogP) is 4.54. The first kappa shape index (κ1) is 17.6. The molecule has 2 nitrogen and oxygen atoms in total. The standard InChI is InChI=1S/C20H25NOS/c1-20(2,3)23-14-13-21-19(22)15-16-9-11-18(12-10-16)17-7-5-4-6-8-17/h4-12H,13-15H2,1-3H3,(H,21,22). The summed E-state index contributed by atoms with van der Waals surface area (Å²) in [5.41, 5.74) is 3.42. The van der Waals surface area contributed by atoms with Gasteiger partial charge in [-0.2, -0.15) is 11.8 Å². The molecule has 0 bridgehead atoms. The lowest BCUT2D eigenvalue weighted by atomic mass is 10.0. The second-order valence-electron chi connectivity index (χ2n) is 6.55. The lowest BCUT2D eigenvalue weighted by molar-refractivity contribution is -0.120. The van der Waals surface area contributed by atoms with E-state index in [1.54, 1.807) is 0 Å². The molecular weight excluding hydrogens is 302 g/mol. The van der Waals surface area contributed by atoms with Crippen LogP contribution in [0.5, 0.6) is 0 Å². The molecule has 0 spiro atoms. The Balaban J connectivity index is 1.80. The lowest BCUT2D eigenvalue weighted by Crippen LogP contribution is -2.28. The maximum Gasteiger partial charge on any atom is 0.224 e. The molecule has 0 aromatic heterocycles. The van der Waals surface area contributed by atoms with E-state index < -0.39 is 0 Å². The van der Waals surface area contributed by atoms with Gasteiger partial charge in [-0.05, 0) is 16.7 Å². The number of carbonyl (C=O) groups is 1. The zero-order valence-corrected chi connectivity index (χ0v) is 15.0. The summed E-state index contributed by atoms with van der Waals surface area (Å²) in [4.78, 5) is 12.0. The highest BCUT2D eigenvalue weighted by atomic mass is 32.2. The Morgan fingerprint density at radius 3 is 2.17 bits per heavy atom. The first-order chi connectivity index (χ1) is 10.9. The number of nitrogens with one attached hydrogen (secondary N) is 1. The molecular formula is C20H25NOS. The summed E-state index contributed by atoms with van der Waals surface area (Å²) in [6.45, 7) is 7.29. The molecule has 0 aliphatic heterocycles. The SMILES string of the molecule is CC(C)(C)SCCNC(=O)Cc1ccc(-c2ccccc2)cc1. The Morgan fingerprint density at radius 1 is 0.957 bits per heavy atom. The number of hydrogen-bond acceptors (Lipinski definition) is 2. The van der Waals surface area contributed by atoms with E-state index in [4.69, 9.17) is 0 Å². The zero-order chi connectivity index (χ0) is 16.7. The van der Waals surface area contributed by atoms with Gasteiger partial charge in [0.05, 0.1) is 6.42 Å². The van der Waals surface area contributed by atoms with Gasteiger partial charge < -0.3 is 5.32 Å². The van der Waals surface area contributed by atoms with Crippen LogP contribution >= 0.6 is 11.8 Å². The highest BCUT2D eigenvalue weighted by molar-refractivity contribution is 8.00. The minimum atomic E-state index is 0.0898. The molecule has 0 atom stereocenters. The fourth-order valence-electron chi connectivity index (χ4n) is 2.24. The van der Waals surface area contributed by atoms with Gasteiger partial charge in [-0.25, -0.2) is 0 Å². The van der Waals surface area contributed by atoms with Gasteiger partial charge >= 0.3 is 0 Å². The van der Waals surface area contributed by atoms with Crippen molar-refractivity contribution in [3.8, 4) is 11.1 Å². The van der Waals surface area contributed by atoms with E-state index in [-0.39, 0.29) is 10.7 Å². The lowest BCUT2D eigenvalue weighted by Gasteiger charge is -2.17. The molecule has 2 aromatic carbocycles. The number of rotatable bonds is 6. The maximum absolute atomic E-state index is 12.0. The van der Waals surface area contributed by atoms with Gasteiger partial charge in [-0.1, -0.05) is 75.4 Å². The molecule has 0 radical (unpaired) electrons. The Kier molecular flexibility index (Phi) is 6.28. The summed E-state index contributed by atoms with van der Waals surface area (Å²) in [7, 11) is 0. The van der Waals surface area contributed by atoms with Crippen LogP contribution in [0.3, 0.4) is 0 Å². The van der Waals surface area contributed by atoms with E-state index in [2.05, 4.69) is 50.4 Å². The fraction of sp³-hybridized carbons (Fsp3) is 0.350. The monoisotopic (exact) mass is 327 g/mol. The summed E-state index contributed by atoms with van der Waals surface area (Å²) >= 11 is 1.87. The highest BCUT2D eigenvalue weighted by Crippen LogP contribution is 2.22. The molecule has 122 valence electrons. The number of hydrogen-bond donors (Lipinski definition) is 1. The van der Waals surface area contributed by atoms with E-state index in [0.29, 0.717) is 6.42 Å². The fourth-order valence-corrected chi connectivity index (χ4v) is 3.06. The third-order valence-electron chi connectivity index (χ3n) is 3.39. The quantitative estimate of drug-likeness (QED) is 0.789. The van der Waals surface area contributed by atoms with Crippen molar-refractivity contribution in [2.75, 3.05) is 12.3 Å². The van der Waals surface area contributed by atoms with Crippen molar-refractivity contribution >= 4 is 17.7 Å². The smallest absolute Gasteiger partial charge is 0.224 e. The molecule has 1 N–H and O–H groups in total. The molecule has 0 saturated heterocycles. The van der Waals surface area contributed by atoms with Gasteiger partial charge in [0.2, 0.25) is 5.91 Å². The first-order valence-corrected chi connectivity index (χ1v) is 8.98. The third kappa shape index (κ3) is 6.49. The maximum atomic E-state index is 12.0. The molecule has 0 unspecified atom stereocenters. The summed E-state index contributed by atoms with van der Waals surface area (Å²) in [5.74, 6) is 1.04. The van der Waals surface area contributed by atoms with Crippen molar-refractivity contribution in [2.45, 2.75) is 31.9 Å². The second-order valence-corrected chi connectivity index (χ2v) is 8.47. The van der Waals surface area contributed by atoms with Gasteiger partial charge in [-0.3, -0.25) is 4.79 Å². The van der Waals surface area contributed by atoms with Crippen molar-refractivity contribution < 1.29 is 4.79 Å². The van der Waals surface area contributed by atoms with Crippen LogP contribution in [0.15, 0.2) is 54.6 Å². The van der Waals surface area contributed by atoms with Crippen LogP contribution in [0.25, 0.3) is 11.1 Å². The Morgan fingerprint density at radius 2 is 1.57 bits per heavy atom. The van der Waals surface area contributed by atoms with E-state index >= 15 is 0 Å². The number of benzene rings is 2. The van der Waals surface area contributed by atoms with Crippen LogP contribution in [-0.2, 0) is 11.2 Å². The van der Waals surface area contributed by atoms with Crippen molar-refractivity contribution in [2.24, 2.45) is 0 Å². The van der Waals surface area contributed by atoms with E-state index in [1.807, 2.05) is 42.1 Å². The summed E-state index contributed by atoms with van der Waals surface area (Å²) < 4.78 is 0.248. The molecule has 23 heavy (non-hydrogen) atoms. The van der Waals surface area contributed by atoms with Crippen LogP contribution < -0.4 is 5.32 Å². The summed E-state index contributed by atoms with van der Waals surface area (Å²) in [5, 5.41) is 2.99. The number of amides is 1. The van der Waals surface area contributed by atoms with Crippen LogP contribution in [-0.4, -0.2) is 23.0 Å². The van der Waals surface area contributed by atoms with Crippen LogP contribution in [0.2, 0.25) is 0 Å². The Bertz CT molecular complexity index is 614. The van der Waals surface area contributed by atoms with Crippen molar-refractivity contribution in [1.29, 1.82) is 0 Å². The molecule has 3 heteroatoms. The van der Waals surface area contributed by atoms with Gasteiger partial charge in [0.1, 0.15) is 0 Å². The molecule has 2 rings (SSSR count). The normalized spacial score (nSPS) is 11.3. The zero-order valence-electron chi connectivity index (χ0n) is 14.1. The average Bonchev–Trinajstić information content (AvgIpc) is 2.52. The number of thioether (sulfide) groups is 1. The molecule has 0 saturated carbocycles. The second kappa shape index (κ2) is 8.21. The predicted molar refractivity (Wildman–Crippen MR) is 101 cm³/mol. The van der Waals surface area contributed by atoms with Crippen LogP contribution in [0.1, 0.15) is 26.3 Å². The van der Waals surface area contributed by atoms with Crippen LogP contribution in [0, 0.1) is 0 Å². The van der Waals surface area contributed by atoms with Gasteiger partial charge in [-0.15, -0.1) is 0 Å². The van der Waals surface area contributed by atoms with E-state index in [0.717, 1.165) is 17.9 Å². The molecule has 2 aromatic rings. The number of carbonyl (C=O) groups excluding carboxylic acids is 1. The molecule has 0 aliphatic rings. The molecule has 0 fully saturated rings. The first-order valence-electron chi connectivity index (χ1n) is 7.99. The molecule has 0 heterocycles. The van der Waals surface area contributed by atoms with Crippen LogP contribution in [0.4, 0.5) is 0 Å². The van der Waals surface area contributed by atoms with Crippen molar-refractivity contribution in [3.05, 3.63) is 60.2 Å². The topological polar surface area (TPSA) is 29.1 Å². The minimum Gasteiger partial charge on any atom is -0.355 e. The Hall–Kier alpha value is -1.74. The Labute approximate surface area is 143 Å². The van der Waals surface area contributed by atoms with E-state index in [9.17, 15) is 4.79 Å².